The van der Waals surface area contributed by atoms with E-state index in [1.165, 1.54) is 30.5 Å². The lowest BCUT2D eigenvalue weighted by molar-refractivity contribution is -0.384. The zero-order valence-corrected chi connectivity index (χ0v) is 13.8. The Morgan fingerprint density at radius 1 is 1.44 bits per heavy atom. The number of carbonyl (C=O) groups is 1. The SMILES string of the molecule is O=C(Nc1ccn([C@H]2CC[C@@H]([C@@H](O)F)O2)c(=O)n1)c1cccc([N+](=O)[O-])c1. The number of hydrogen-bond acceptors (Lipinski definition) is 7. The largest absolute Gasteiger partial charge is 0.362 e. The number of aliphatic hydroxyl groups is 1. The molecule has 10 nitrogen and oxygen atoms in total. The summed E-state index contributed by atoms with van der Waals surface area (Å²) < 4.78 is 19.3. The number of hydrogen-bond donors (Lipinski definition) is 2. The number of anilines is 1. The van der Waals surface area contributed by atoms with Crippen molar-refractivity contribution in [3.63, 3.8) is 0 Å². The van der Waals surface area contributed by atoms with Crippen LogP contribution in [0.25, 0.3) is 0 Å². The summed E-state index contributed by atoms with van der Waals surface area (Å²) >= 11 is 0. The molecule has 1 aromatic heterocycles. The lowest BCUT2D eigenvalue weighted by atomic mass is 10.2. The number of nitrogens with one attached hydrogen (secondary N) is 1. The molecule has 0 spiro atoms. The highest BCUT2D eigenvalue weighted by atomic mass is 19.1. The highest BCUT2D eigenvalue weighted by Crippen LogP contribution is 2.29. The van der Waals surface area contributed by atoms with Gasteiger partial charge in [0, 0.05) is 23.9 Å². The summed E-state index contributed by atoms with van der Waals surface area (Å²) in [7, 11) is 0. The molecule has 1 aliphatic heterocycles. The van der Waals surface area contributed by atoms with Gasteiger partial charge in [-0.3, -0.25) is 19.5 Å². The number of halogens is 1. The third-order valence-corrected chi connectivity index (χ3v) is 4.04. The van der Waals surface area contributed by atoms with Gasteiger partial charge in [-0.05, 0) is 25.0 Å². The van der Waals surface area contributed by atoms with E-state index in [1.54, 1.807) is 0 Å². The minimum atomic E-state index is -2.13. The van der Waals surface area contributed by atoms with Crippen LogP contribution in [0.1, 0.15) is 29.4 Å². The van der Waals surface area contributed by atoms with Gasteiger partial charge in [-0.25, -0.2) is 9.18 Å². The molecular weight excluding hydrogens is 363 g/mol. The lowest BCUT2D eigenvalue weighted by Gasteiger charge is -2.16. The number of nitro benzene ring substituents is 1. The van der Waals surface area contributed by atoms with Gasteiger partial charge >= 0.3 is 5.69 Å². The third-order valence-electron chi connectivity index (χ3n) is 4.04. The van der Waals surface area contributed by atoms with Crippen molar-refractivity contribution in [1.29, 1.82) is 0 Å². The van der Waals surface area contributed by atoms with E-state index in [2.05, 4.69) is 10.3 Å². The van der Waals surface area contributed by atoms with Crippen LogP contribution in [-0.2, 0) is 4.74 Å². The number of nitrogens with zero attached hydrogens (tertiary/aromatic N) is 3. The standard InChI is InChI=1S/C16H15FN4O6/c17-14(22)11-4-5-13(27-11)20-7-6-12(19-16(20)24)18-15(23)9-2-1-3-10(8-9)21(25)26/h1-3,6-8,11,13-14,22H,4-5H2,(H,18,19,23,24)/t11-,13+,14+/m0/s1. The van der Waals surface area contributed by atoms with E-state index < -0.39 is 35.2 Å². The Bertz CT molecular complexity index is 931. The van der Waals surface area contributed by atoms with Crippen LogP contribution >= 0.6 is 0 Å². The van der Waals surface area contributed by atoms with Gasteiger partial charge < -0.3 is 15.2 Å². The Balaban J connectivity index is 1.73. The fraction of sp³-hybridized carbons (Fsp3) is 0.312. The van der Waals surface area contributed by atoms with Crippen LogP contribution in [0.4, 0.5) is 15.9 Å². The van der Waals surface area contributed by atoms with E-state index >= 15 is 0 Å². The molecule has 1 amide bonds. The molecule has 0 radical (unpaired) electrons. The van der Waals surface area contributed by atoms with E-state index in [-0.39, 0.29) is 23.5 Å². The van der Waals surface area contributed by atoms with Crippen molar-refractivity contribution in [2.24, 2.45) is 0 Å². The summed E-state index contributed by atoms with van der Waals surface area (Å²) in [6.07, 6.45) is -1.99. The number of alkyl halides is 1. The summed E-state index contributed by atoms with van der Waals surface area (Å²) in [5.41, 5.74) is -0.936. The van der Waals surface area contributed by atoms with E-state index in [0.717, 1.165) is 10.6 Å². The van der Waals surface area contributed by atoms with Crippen molar-refractivity contribution >= 4 is 17.4 Å². The average Bonchev–Trinajstić information content (AvgIpc) is 3.12. The maximum absolute atomic E-state index is 12.9. The van der Waals surface area contributed by atoms with Crippen LogP contribution in [-0.4, -0.2) is 37.9 Å². The summed E-state index contributed by atoms with van der Waals surface area (Å²) in [5, 5.41) is 22.1. The van der Waals surface area contributed by atoms with Gasteiger partial charge in [-0.1, -0.05) is 6.07 Å². The van der Waals surface area contributed by atoms with E-state index in [9.17, 15) is 24.1 Å². The highest BCUT2D eigenvalue weighted by Gasteiger charge is 2.32. The smallest absolute Gasteiger partial charge is 0.351 e. The Morgan fingerprint density at radius 3 is 2.85 bits per heavy atom. The first kappa shape index (κ1) is 18.6. The molecule has 27 heavy (non-hydrogen) atoms. The number of amides is 1. The first-order valence-electron chi connectivity index (χ1n) is 7.98. The molecule has 0 aliphatic carbocycles. The summed E-state index contributed by atoms with van der Waals surface area (Å²) in [5.74, 6) is -0.714. The Hall–Kier alpha value is -3.18. The second kappa shape index (κ2) is 7.60. The number of aliphatic hydroxyl groups excluding tert-OH is 1. The van der Waals surface area contributed by atoms with Crippen LogP contribution in [0, 0.1) is 10.1 Å². The molecule has 0 saturated carbocycles. The number of aromatic nitrogens is 2. The molecule has 3 rings (SSSR count). The molecule has 2 aromatic rings. The zero-order chi connectivity index (χ0) is 19.6. The van der Waals surface area contributed by atoms with Crippen LogP contribution < -0.4 is 11.0 Å². The minimum Gasteiger partial charge on any atom is -0.362 e. The van der Waals surface area contributed by atoms with Crippen LogP contribution in [0.3, 0.4) is 0 Å². The predicted molar refractivity (Wildman–Crippen MR) is 89.8 cm³/mol. The number of nitro groups is 1. The minimum absolute atomic E-state index is 0.0362. The molecule has 2 heterocycles. The second-order valence-electron chi connectivity index (χ2n) is 5.84. The van der Waals surface area contributed by atoms with Crippen molar-refractivity contribution in [2.45, 2.75) is 31.5 Å². The second-order valence-corrected chi connectivity index (χ2v) is 5.84. The monoisotopic (exact) mass is 378 g/mol. The van der Waals surface area contributed by atoms with Crippen molar-refractivity contribution in [1.82, 2.24) is 9.55 Å². The molecule has 1 fully saturated rings. The fourth-order valence-corrected chi connectivity index (χ4v) is 2.70. The van der Waals surface area contributed by atoms with E-state index in [0.29, 0.717) is 6.42 Å². The Kier molecular flexibility index (Phi) is 5.23. The molecule has 11 heteroatoms. The average molecular weight is 378 g/mol. The molecule has 1 aromatic carbocycles. The molecule has 1 aliphatic rings. The van der Waals surface area contributed by atoms with Gasteiger partial charge in [-0.15, -0.1) is 0 Å². The number of ether oxygens (including phenoxy) is 1. The maximum Gasteiger partial charge on any atom is 0.351 e. The van der Waals surface area contributed by atoms with Gasteiger partial charge in [0.2, 0.25) is 6.36 Å². The molecule has 0 unspecified atom stereocenters. The van der Waals surface area contributed by atoms with Gasteiger partial charge in [0.1, 0.15) is 18.1 Å². The van der Waals surface area contributed by atoms with Gasteiger partial charge in [-0.2, -0.15) is 4.98 Å². The number of rotatable bonds is 5. The maximum atomic E-state index is 12.9. The molecule has 1 saturated heterocycles. The van der Waals surface area contributed by atoms with Crippen molar-refractivity contribution in [3.8, 4) is 0 Å². The highest BCUT2D eigenvalue weighted by molar-refractivity contribution is 6.04. The van der Waals surface area contributed by atoms with Gasteiger partial charge in [0.15, 0.2) is 0 Å². The molecule has 2 N–H and O–H groups in total. The van der Waals surface area contributed by atoms with Crippen molar-refractivity contribution < 1.29 is 24.0 Å². The van der Waals surface area contributed by atoms with Gasteiger partial charge in [0.05, 0.1) is 4.92 Å². The quantitative estimate of drug-likeness (QED) is 0.592. The number of benzene rings is 1. The third kappa shape index (κ3) is 4.15. The van der Waals surface area contributed by atoms with E-state index in [4.69, 9.17) is 9.84 Å². The van der Waals surface area contributed by atoms with Crippen molar-refractivity contribution in [2.75, 3.05) is 5.32 Å². The number of carbonyl (C=O) groups excluding carboxylic acids is 1. The zero-order valence-electron chi connectivity index (χ0n) is 13.8. The van der Waals surface area contributed by atoms with E-state index in [1.807, 2.05) is 0 Å². The molecule has 0 bridgehead atoms. The molecule has 3 atom stereocenters. The molecule has 142 valence electrons. The fourth-order valence-electron chi connectivity index (χ4n) is 2.70. The Labute approximate surface area is 151 Å². The van der Waals surface area contributed by atoms with Crippen LogP contribution in [0.2, 0.25) is 0 Å². The normalized spacial score (nSPS) is 20.2. The van der Waals surface area contributed by atoms with Crippen LogP contribution in [0.15, 0.2) is 41.3 Å². The number of non-ortho nitro benzene ring substituents is 1. The topological polar surface area (TPSA) is 137 Å². The first-order chi connectivity index (χ1) is 12.8. The first-order valence-corrected chi connectivity index (χ1v) is 7.98. The Morgan fingerprint density at radius 2 is 2.22 bits per heavy atom. The van der Waals surface area contributed by atoms with Crippen molar-refractivity contribution in [3.05, 3.63) is 62.7 Å². The lowest BCUT2D eigenvalue weighted by Crippen LogP contribution is -2.29. The van der Waals surface area contributed by atoms with Gasteiger partial charge in [0.25, 0.3) is 11.6 Å². The van der Waals surface area contributed by atoms with Crippen LogP contribution in [0.5, 0.6) is 0 Å². The summed E-state index contributed by atoms with van der Waals surface area (Å²) in [6, 6.07) is 6.45. The predicted octanol–water partition coefficient (Wildman–Crippen LogP) is 1.37. The molecular formula is C16H15FN4O6. The summed E-state index contributed by atoms with van der Waals surface area (Å²) in [6.45, 7) is 0. The summed E-state index contributed by atoms with van der Waals surface area (Å²) in [4.78, 5) is 38.2.